The summed E-state index contributed by atoms with van der Waals surface area (Å²) in [4.78, 5) is 47.0. The number of likely N-dealkylation sites (N-methyl/N-ethyl adjacent to an activating group) is 1. The molecule has 0 bridgehead atoms. The molecule has 1 aromatic rings. The Hall–Kier alpha value is -4.14. The van der Waals surface area contributed by atoms with Gasteiger partial charge in [0, 0.05) is 19.2 Å². The van der Waals surface area contributed by atoms with Crippen LogP contribution in [0.4, 0.5) is 10.5 Å². The molecule has 1 N–H and O–H groups in total. The highest BCUT2D eigenvalue weighted by Crippen LogP contribution is 2.38. The number of benzene rings is 1. The van der Waals surface area contributed by atoms with Gasteiger partial charge in [-0.25, -0.2) is 9.59 Å². The second-order valence-electron chi connectivity index (χ2n) is 5.74. The molecule has 31 heavy (non-hydrogen) atoms. The highest BCUT2D eigenvalue weighted by atomic mass is 16.7. The number of esters is 1. The van der Waals surface area contributed by atoms with Crippen molar-refractivity contribution in [3.63, 3.8) is 0 Å². The van der Waals surface area contributed by atoms with E-state index in [0.29, 0.717) is 13.1 Å². The van der Waals surface area contributed by atoms with Gasteiger partial charge in [-0.2, -0.15) is 5.26 Å². The number of nitro benzene ring substituents is 1. The number of amides is 1. The third-order valence-corrected chi connectivity index (χ3v) is 3.79. The number of carbonyl (C=O) groups excluding carboxylic acids is 3. The second kappa shape index (κ2) is 11.8. The smallest absolute Gasteiger partial charge is 0.499 e. The summed E-state index contributed by atoms with van der Waals surface area (Å²) in [5.41, 5.74) is -1.22. The predicted octanol–water partition coefficient (Wildman–Crippen LogP) is 2.15. The van der Waals surface area contributed by atoms with Crippen LogP contribution in [0.3, 0.4) is 0 Å². The highest BCUT2D eigenvalue weighted by Gasteiger charge is 2.24. The Labute approximate surface area is 177 Å². The molecule has 166 valence electrons. The van der Waals surface area contributed by atoms with Gasteiger partial charge in [0.25, 0.3) is 5.91 Å². The number of rotatable bonds is 9. The maximum atomic E-state index is 12.4. The standard InChI is InChI=1S/C19H21N3O9/c1-4-21(5-2)18(25)13(10-20)7-12-8-14(22(27)28)17(24)15(9-12)31-19(26)30-11-16(23)29-6-3/h7-9,24H,4-6,11H2,1-3H3/b13-7+. The fraction of sp³-hybridized carbons (Fsp3) is 0.368. The Morgan fingerprint density at radius 2 is 1.87 bits per heavy atom. The van der Waals surface area contributed by atoms with E-state index in [9.17, 15) is 34.9 Å². The molecular weight excluding hydrogens is 414 g/mol. The first-order valence-corrected chi connectivity index (χ1v) is 9.11. The van der Waals surface area contributed by atoms with Crippen LogP contribution in [-0.4, -0.2) is 59.3 Å². The SMILES string of the molecule is CCOC(=O)COC(=O)Oc1cc(/C=C(\C#N)C(=O)N(CC)CC)cc([N+](=O)[O-])c1O. The maximum Gasteiger partial charge on any atom is 0.514 e. The molecule has 0 aromatic heterocycles. The summed E-state index contributed by atoms with van der Waals surface area (Å²) in [7, 11) is 0. The molecule has 12 nitrogen and oxygen atoms in total. The van der Waals surface area contributed by atoms with Crippen molar-refractivity contribution in [2.75, 3.05) is 26.3 Å². The lowest BCUT2D eigenvalue weighted by atomic mass is 10.1. The van der Waals surface area contributed by atoms with Gasteiger partial charge < -0.3 is 24.2 Å². The molecular formula is C19H21N3O9. The molecule has 0 fully saturated rings. The van der Waals surface area contributed by atoms with Crippen molar-refractivity contribution >= 4 is 29.8 Å². The number of aromatic hydroxyl groups is 1. The topological polar surface area (TPSA) is 169 Å². The number of carbonyl (C=O) groups is 3. The van der Waals surface area contributed by atoms with E-state index in [1.807, 2.05) is 0 Å². The number of hydrogen-bond donors (Lipinski definition) is 1. The molecule has 0 spiro atoms. The van der Waals surface area contributed by atoms with E-state index in [0.717, 1.165) is 18.2 Å². The van der Waals surface area contributed by atoms with Crippen LogP contribution in [0.25, 0.3) is 6.08 Å². The summed E-state index contributed by atoms with van der Waals surface area (Å²) < 4.78 is 13.8. The molecule has 0 saturated heterocycles. The summed E-state index contributed by atoms with van der Waals surface area (Å²) in [6.45, 7) is 4.95. The zero-order valence-corrected chi connectivity index (χ0v) is 17.1. The van der Waals surface area contributed by atoms with Crippen LogP contribution in [0.1, 0.15) is 26.3 Å². The van der Waals surface area contributed by atoms with Gasteiger partial charge in [-0.3, -0.25) is 14.9 Å². The van der Waals surface area contributed by atoms with Gasteiger partial charge in [-0.1, -0.05) is 0 Å². The van der Waals surface area contributed by atoms with Crippen molar-refractivity contribution in [1.29, 1.82) is 5.26 Å². The Balaban J connectivity index is 3.27. The average molecular weight is 435 g/mol. The normalized spacial score (nSPS) is 10.6. The van der Waals surface area contributed by atoms with Crippen LogP contribution in [0.15, 0.2) is 17.7 Å². The van der Waals surface area contributed by atoms with E-state index >= 15 is 0 Å². The van der Waals surface area contributed by atoms with Crippen LogP contribution in [0, 0.1) is 21.4 Å². The van der Waals surface area contributed by atoms with Crippen molar-refractivity contribution in [3.8, 4) is 17.6 Å². The van der Waals surface area contributed by atoms with E-state index in [2.05, 4.69) is 9.47 Å². The largest absolute Gasteiger partial charge is 0.514 e. The molecule has 1 aromatic carbocycles. The first kappa shape index (κ1) is 24.9. The number of hydrogen-bond acceptors (Lipinski definition) is 10. The van der Waals surface area contributed by atoms with Crippen LogP contribution in [0.5, 0.6) is 11.5 Å². The Morgan fingerprint density at radius 3 is 2.39 bits per heavy atom. The van der Waals surface area contributed by atoms with E-state index in [-0.39, 0.29) is 17.7 Å². The van der Waals surface area contributed by atoms with E-state index in [4.69, 9.17) is 4.74 Å². The monoisotopic (exact) mass is 435 g/mol. The van der Waals surface area contributed by atoms with Gasteiger partial charge in [-0.05, 0) is 38.5 Å². The van der Waals surface area contributed by atoms with Crippen molar-refractivity contribution < 1.29 is 38.6 Å². The molecule has 1 amide bonds. The van der Waals surface area contributed by atoms with E-state index in [1.165, 1.54) is 4.90 Å². The zero-order valence-electron chi connectivity index (χ0n) is 17.1. The first-order chi connectivity index (χ1) is 14.7. The molecule has 0 aliphatic rings. The minimum absolute atomic E-state index is 0.0604. The molecule has 0 heterocycles. The van der Waals surface area contributed by atoms with Crippen LogP contribution >= 0.6 is 0 Å². The average Bonchev–Trinajstić information content (AvgIpc) is 2.73. The summed E-state index contributed by atoms with van der Waals surface area (Å²) in [5, 5.41) is 30.6. The number of ether oxygens (including phenoxy) is 3. The van der Waals surface area contributed by atoms with E-state index in [1.54, 1.807) is 26.8 Å². The number of nitro groups is 1. The quantitative estimate of drug-likeness (QED) is 0.151. The summed E-state index contributed by atoms with van der Waals surface area (Å²) in [6.07, 6.45) is -0.373. The number of phenols is 1. The Bertz CT molecular complexity index is 930. The summed E-state index contributed by atoms with van der Waals surface area (Å²) >= 11 is 0. The lowest BCUT2D eigenvalue weighted by Gasteiger charge is -2.17. The zero-order chi connectivity index (χ0) is 23.6. The maximum absolute atomic E-state index is 12.4. The fourth-order valence-corrected chi connectivity index (χ4v) is 2.34. The molecule has 12 heteroatoms. The molecule has 0 atom stereocenters. The fourth-order valence-electron chi connectivity index (χ4n) is 2.34. The third kappa shape index (κ3) is 7.00. The minimum atomic E-state index is -1.43. The molecule has 0 radical (unpaired) electrons. The minimum Gasteiger partial charge on any atom is -0.499 e. The van der Waals surface area contributed by atoms with Gasteiger partial charge in [0.15, 0.2) is 12.4 Å². The van der Waals surface area contributed by atoms with Crippen molar-refractivity contribution in [3.05, 3.63) is 33.4 Å². The third-order valence-electron chi connectivity index (χ3n) is 3.79. The van der Waals surface area contributed by atoms with Crippen molar-refractivity contribution in [2.45, 2.75) is 20.8 Å². The summed E-state index contributed by atoms with van der Waals surface area (Å²) in [5.74, 6) is -3.09. The predicted molar refractivity (Wildman–Crippen MR) is 105 cm³/mol. The van der Waals surface area contributed by atoms with Crippen LogP contribution < -0.4 is 4.74 Å². The lowest BCUT2D eigenvalue weighted by molar-refractivity contribution is -0.385. The Morgan fingerprint density at radius 1 is 1.23 bits per heavy atom. The molecule has 0 unspecified atom stereocenters. The molecule has 1 rings (SSSR count). The number of nitriles is 1. The van der Waals surface area contributed by atoms with Gasteiger partial charge >= 0.3 is 17.8 Å². The van der Waals surface area contributed by atoms with Gasteiger partial charge in [0.2, 0.25) is 5.75 Å². The highest BCUT2D eigenvalue weighted by molar-refractivity contribution is 6.01. The molecule has 0 saturated carbocycles. The second-order valence-corrected chi connectivity index (χ2v) is 5.74. The summed E-state index contributed by atoms with van der Waals surface area (Å²) in [6, 6.07) is 3.62. The van der Waals surface area contributed by atoms with Crippen LogP contribution in [-0.2, 0) is 19.1 Å². The van der Waals surface area contributed by atoms with E-state index < -0.39 is 46.7 Å². The molecule has 0 aliphatic heterocycles. The number of phenolic OH excluding ortho intramolecular Hbond substituents is 1. The first-order valence-electron chi connectivity index (χ1n) is 9.11. The van der Waals surface area contributed by atoms with Gasteiger partial charge in [-0.15, -0.1) is 0 Å². The van der Waals surface area contributed by atoms with Crippen molar-refractivity contribution in [1.82, 2.24) is 4.90 Å². The van der Waals surface area contributed by atoms with Gasteiger partial charge in [0.05, 0.1) is 11.5 Å². The van der Waals surface area contributed by atoms with Gasteiger partial charge in [0.1, 0.15) is 11.6 Å². The molecule has 0 aliphatic carbocycles. The Kier molecular flexibility index (Phi) is 9.45. The lowest BCUT2D eigenvalue weighted by Crippen LogP contribution is -2.31. The number of nitrogens with zero attached hydrogens (tertiary/aromatic N) is 3. The van der Waals surface area contributed by atoms with Crippen molar-refractivity contribution in [2.24, 2.45) is 0 Å². The van der Waals surface area contributed by atoms with Crippen LogP contribution in [0.2, 0.25) is 0 Å².